The molecule has 0 aliphatic carbocycles. The van der Waals surface area contributed by atoms with Crippen LogP contribution in [0.2, 0.25) is 0 Å². The maximum atomic E-state index is 5.07. The Morgan fingerprint density at radius 1 is 1.22 bits per heavy atom. The van der Waals surface area contributed by atoms with Gasteiger partial charge in [0.25, 0.3) is 0 Å². The molecule has 1 aromatic heterocycles. The Kier molecular flexibility index (Phi) is 5.36. The Bertz CT molecular complexity index is 325. The number of piperazine rings is 1. The van der Waals surface area contributed by atoms with Crippen molar-refractivity contribution in [3.63, 3.8) is 0 Å². The highest BCUT2D eigenvalue weighted by Crippen LogP contribution is 2.12. The van der Waals surface area contributed by atoms with E-state index in [1.807, 2.05) is 6.07 Å². The third-order valence-electron chi connectivity index (χ3n) is 3.34. The van der Waals surface area contributed by atoms with Crippen LogP contribution in [0.3, 0.4) is 0 Å². The molecule has 0 unspecified atom stereocenters. The monoisotopic (exact) mass is 250 g/mol. The van der Waals surface area contributed by atoms with Crippen LogP contribution in [0.25, 0.3) is 0 Å². The summed E-state index contributed by atoms with van der Waals surface area (Å²) >= 11 is 0. The maximum absolute atomic E-state index is 5.07. The minimum atomic E-state index is 0.876. The van der Waals surface area contributed by atoms with E-state index in [0.29, 0.717) is 0 Å². The van der Waals surface area contributed by atoms with Gasteiger partial charge in [0.15, 0.2) is 0 Å². The summed E-state index contributed by atoms with van der Waals surface area (Å²) in [5.74, 6) is 1.05. The number of hydrogen-bond donors (Lipinski definition) is 0. The lowest BCUT2D eigenvalue weighted by Gasteiger charge is -2.35. The van der Waals surface area contributed by atoms with Crippen molar-refractivity contribution in [3.05, 3.63) is 18.6 Å². The molecule has 1 saturated heterocycles. The van der Waals surface area contributed by atoms with Gasteiger partial charge in [-0.05, 0) is 25.5 Å². The van der Waals surface area contributed by atoms with Crippen molar-refractivity contribution in [2.24, 2.45) is 0 Å². The average Bonchev–Trinajstić information content (AvgIpc) is 2.45. The van der Waals surface area contributed by atoms with Crippen LogP contribution in [0.1, 0.15) is 12.8 Å². The number of ether oxygens (including phenoxy) is 1. The lowest BCUT2D eigenvalue weighted by Crippen LogP contribution is -2.46. The summed E-state index contributed by atoms with van der Waals surface area (Å²) in [6.45, 7) is 6.42. The predicted molar refractivity (Wildman–Crippen MR) is 71.8 cm³/mol. The fourth-order valence-electron chi connectivity index (χ4n) is 2.25. The molecule has 1 aromatic rings. The molecule has 18 heavy (non-hydrogen) atoms. The Hall–Kier alpha value is -1.20. The van der Waals surface area contributed by atoms with Crippen molar-refractivity contribution in [3.8, 4) is 0 Å². The molecule has 2 heterocycles. The molecule has 5 heteroatoms. The topological polar surface area (TPSA) is 41.5 Å². The molecular weight excluding hydrogens is 228 g/mol. The van der Waals surface area contributed by atoms with Crippen LogP contribution in [0.4, 0.5) is 5.82 Å². The predicted octanol–water partition coefficient (Wildman–Crippen LogP) is 1.03. The first kappa shape index (κ1) is 13.2. The molecule has 1 aliphatic heterocycles. The number of unbranched alkanes of at least 4 members (excludes halogenated alkanes) is 1. The Labute approximate surface area is 109 Å². The van der Waals surface area contributed by atoms with Crippen molar-refractivity contribution >= 4 is 5.82 Å². The summed E-state index contributed by atoms with van der Waals surface area (Å²) in [5, 5.41) is 0. The van der Waals surface area contributed by atoms with Gasteiger partial charge in [0.05, 0.1) is 0 Å². The molecule has 0 amide bonds. The summed E-state index contributed by atoms with van der Waals surface area (Å²) < 4.78 is 5.07. The summed E-state index contributed by atoms with van der Waals surface area (Å²) in [6, 6.07) is 1.98. The van der Waals surface area contributed by atoms with Crippen LogP contribution in [0, 0.1) is 0 Å². The standard InChI is InChI=1S/C13H22N4O/c1-18-11-3-2-6-16-7-9-17(10-8-16)13-4-5-14-12-15-13/h4-5,12H,2-3,6-11H2,1H3. The van der Waals surface area contributed by atoms with Crippen molar-refractivity contribution < 1.29 is 4.74 Å². The number of nitrogens with zero attached hydrogens (tertiary/aromatic N) is 4. The average molecular weight is 250 g/mol. The van der Waals surface area contributed by atoms with E-state index in [9.17, 15) is 0 Å². The van der Waals surface area contributed by atoms with Gasteiger partial charge in [0.2, 0.25) is 0 Å². The minimum absolute atomic E-state index is 0.876. The summed E-state index contributed by atoms with van der Waals surface area (Å²) in [4.78, 5) is 13.1. The molecule has 0 spiro atoms. The van der Waals surface area contributed by atoms with Gasteiger partial charge < -0.3 is 9.64 Å². The number of rotatable bonds is 6. The smallest absolute Gasteiger partial charge is 0.131 e. The first-order chi connectivity index (χ1) is 8.90. The second-order valence-corrected chi connectivity index (χ2v) is 4.60. The first-order valence-corrected chi connectivity index (χ1v) is 6.62. The summed E-state index contributed by atoms with van der Waals surface area (Å²) in [6.07, 6.45) is 5.80. The molecule has 0 atom stereocenters. The molecule has 2 rings (SSSR count). The maximum Gasteiger partial charge on any atom is 0.131 e. The summed E-state index contributed by atoms with van der Waals surface area (Å²) in [7, 11) is 1.76. The van der Waals surface area contributed by atoms with E-state index in [2.05, 4.69) is 19.8 Å². The molecule has 0 aromatic carbocycles. The molecule has 1 fully saturated rings. The van der Waals surface area contributed by atoms with Crippen LogP contribution < -0.4 is 4.90 Å². The van der Waals surface area contributed by atoms with Crippen molar-refractivity contribution in [2.45, 2.75) is 12.8 Å². The van der Waals surface area contributed by atoms with E-state index in [-0.39, 0.29) is 0 Å². The van der Waals surface area contributed by atoms with Gasteiger partial charge in [-0.25, -0.2) is 9.97 Å². The minimum Gasteiger partial charge on any atom is -0.385 e. The van der Waals surface area contributed by atoms with Crippen LogP contribution in [0.15, 0.2) is 18.6 Å². The van der Waals surface area contributed by atoms with Gasteiger partial charge in [-0.2, -0.15) is 0 Å². The van der Waals surface area contributed by atoms with E-state index in [1.165, 1.54) is 13.0 Å². The lowest BCUT2D eigenvalue weighted by atomic mass is 10.2. The number of hydrogen-bond acceptors (Lipinski definition) is 5. The van der Waals surface area contributed by atoms with E-state index >= 15 is 0 Å². The van der Waals surface area contributed by atoms with E-state index < -0.39 is 0 Å². The number of anilines is 1. The van der Waals surface area contributed by atoms with Crippen molar-refractivity contribution in [1.29, 1.82) is 0 Å². The third-order valence-corrected chi connectivity index (χ3v) is 3.34. The van der Waals surface area contributed by atoms with Gasteiger partial charge >= 0.3 is 0 Å². The molecule has 5 nitrogen and oxygen atoms in total. The van der Waals surface area contributed by atoms with Crippen molar-refractivity contribution in [1.82, 2.24) is 14.9 Å². The zero-order valence-electron chi connectivity index (χ0n) is 11.1. The van der Waals surface area contributed by atoms with Crippen LogP contribution in [-0.4, -0.2) is 61.3 Å². The molecule has 0 saturated carbocycles. The SMILES string of the molecule is COCCCCN1CCN(c2ccncn2)CC1. The fourth-order valence-corrected chi connectivity index (χ4v) is 2.25. The summed E-state index contributed by atoms with van der Waals surface area (Å²) in [5.41, 5.74) is 0. The molecule has 1 aliphatic rings. The highest BCUT2D eigenvalue weighted by Gasteiger charge is 2.17. The second-order valence-electron chi connectivity index (χ2n) is 4.60. The van der Waals surface area contributed by atoms with Gasteiger partial charge in [-0.3, -0.25) is 4.90 Å². The van der Waals surface area contributed by atoms with E-state index in [4.69, 9.17) is 4.74 Å². The molecule has 0 radical (unpaired) electrons. The van der Waals surface area contributed by atoms with E-state index in [0.717, 1.165) is 45.0 Å². The normalized spacial score (nSPS) is 17.1. The van der Waals surface area contributed by atoms with Crippen LogP contribution in [0.5, 0.6) is 0 Å². The Morgan fingerprint density at radius 2 is 2.06 bits per heavy atom. The van der Waals surface area contributed by atoms with E-state index in [1.54, 1.807) is 19.6 Å². The first-order valence-electron chi connectivity index (χ1n) is 6.62. The number of aromatic nitrogens is 2. The Morgan fingerprint density at radius 3 is 2.72 bits per heavy atom. The second kappa shape index (κ2) is 7.28. The highest BCUT2D eigenvalue weighted by molar-refractivity contribution is 5.36. The van der Waals surface area contributed by atoms with Crippen LogP contribution in [-0.2, 0) is 4.74 Å². The van der Waals surface area contributed by atoms with Crippen LogP contribution >= 0.6 is 0 Å². The highest BCUT2D eigenvalue weighted by atomic mass is 16.5. The van der Waals surface area contributed by atoms with Crippen molar-refractivity contribution in [2.75, 3.05) is 51.3 Å². The molecular formula is C13H22N4O. The van der Waals surface area contributed by atoms with Gasteiger partial charge in [0, 0.05) is 46.1 Å². The molecule has 0 N–H and O–H groups in total. The zero-order chi connectivity index (χ0) is 12.6. The Balaban J connectivity index is 1.68. The fraction of sp³-hybridized carbons (Fsp3) is 0.692. The third kappa shape index (κ3) is 3.92. The number of methoxy groups -OCH3 is 1. The van der Waals surface area contributed by atoms with Gasteiger partial charge in [0.1, 0.15) is 12.1 Å². The quantitative estimate of drug-likeness (QED) is 0.705. The lowest BCUT2D eigenvalue weighted by molar-refractivity contribution is 0.182. The zero-order valence-corrected chi connectivity index (χ0v) is 11.1. The molecule has 0 bridgehead atoms. The van der Waals surface area contributed by atoms with Gasteiger partial charge in [-0.1, -0.05) is 0 Å². The van der Waals surface area contributed by atoms with Gasteiger partial charge in [-0.15, -0.1) is 0 Å². The largest absolute Gasteiger partial charge is 0.385 e. The molecule has 100 valence electrons.